The Labute approximate surface area is 122 Å². The fourth-order valence-corrected chi connectivity index (χ4v) is 3.48. The minimum atomic E-state index is 0.171. The maximum absolute atomic E-state index is 12.0. The zero-order valence-corrected chi connectivity index (χ0v) is 13.2. The smallest absolute Gasteiger partial charge is 0.236 e. The standard InChI is InChI=1S/C15H29N3O2/c1-15(2,12-20-3)11-17-7-4-5-13(10-17)18-8-6-16-9-14(18)19/h13,16H,4-12H2,1-3H3. The van der Waals surface area contributed by atoms with Gasteiger partial charge in [-0.15, -0.1) is 0 Å². The van der Waals surface area contributed by atoms with Crippen LogP contribution in [-0.2, 0) is 9.53 Å². The van der Waals surface area contributed by atoms with E-state index in [9.17, 15) is 4.79 Å². The second-order valence-electron chi connectivity index (χ2n) is 6.89. The highest BCUT2D eigenvalue weighted by atomic mass is 16.5. The van der Waals surface area contributed by atoms with Crippen LogP contribution in [0.15, 0.2) is 0 Å². The van der Waals surface area contributed by atoms with Crippen molar-refractivity contribution < 1.29 is 9.53 Å². The number of methoxy groups -OCH3 is 1. The number of piperidine rings is 1. The average Bonchev–Trinajstić information content (AvgIpc) is 2.38. The van der Waals surface area contributed by atoms with Gasteiger partial charge < -0.3 is 19.9 Å². The van der Waals surface area contributed by atoms with Gasteiger partial charge in [-0.05, 0) is 19.4 Å². The van der Waals surface area contributed by atoms with Gasteiger partial charge in [0, 0.05) is 44.7 Å². The van der Waals surface area contributed by atoms with Crippen molar-refractivity contribution in [2.24, 2.45) is 5.41 Å². The lowest BCUT2D eigenvalue weighted by Gasteiger charge is -2.43. The highest BCUT2D eigenvalue weighted by molar-refractivity contribution is 5.79. The first-order valence-electron chi connectivity index (χ1n) is 7.73. The summed E-state index contributed by atoms with van der Waals surface area (Å²) in [7, 11) is 1.76. The molecule has 1 amide bonds. The number of nitrogens with one attached hydrogen (secondary N) is 1. The van der Waals surface area contributed by atoms with Crippen molar-refractivity contribution in [3.8, 4) is 0 Å². The fraction of sp³-hybridized carbons (Fsp3) is 0.933. The van der Waals surface area contributed by atoms with E-state index in [1.807, 2.05) is 0 Å². The van der Waals surface area contributed by atoms with Gasteiger partial charge in [-0.25, -0.2) is 0 Å². The van der Waals surface area contributed by atoms with E-state index in [1.165, 1.54) is 6.42 Å². The van der Waals surface area contributed by atoms with Gasteiger partial charge in [0.1, 0.15) is 0 Å². The fourth-order valence-electron chi connectivity index (χ4n) is 3.48. The Hall–Kier alpha value is -0.650. The van der Waals surface area contributed by atoms with Gasteiger partial charge >= 0.3 is 0 Å². The summed E-state index contributed by atoms with van der Waals surface area (Å²) in [4.78, 5) is 16.6. The number of carbonyl (C=O) groups is 1. The first-order chi connectivity index (χ1) is 9.52. The quantitative estimate of drug-likeness (QED) is 0.800. The van der Waals surface area contributed by atoms with Gasteiger partial charge in [0.05, 0.1) is 13.2 Å². The Kier molecular flexibility index (Phi) is 5.41. The minimum absolute atomic E-state index is 0.171. The lowest BCUT2D eigenvalue weighted by atomic mass is 9.92. The van der Waals surface area contributed by atoms with Crippen LogP contribution in [0.2, 0.25) is 0 Å². The van der Waals surface area contributed by atoms with E-state index in [0.717, 1.165) is 45.8 Å². The SMILES string of the molecule is COCC(C)(C)CN1CCCC(N2CCNCC2=O)C1. The van der Waals surface area contributed by atoms with E-state index < -0.39 is 0 Å². The molecule has 0 saturated carbocycles. The van der Waals surface area contributed by atoms with Crippen molar-refractivity contribution in [3.05, 3.63) is 0 Å². The van der Waals surface area contributed by atoms with Gasteiger partial charge in [0.2, 0.25) is 5.91 Å². The van der Waals surface area contributed by atoms with Crippen LogP contribution in [-0.4, -0.2) is 74.7 Å². The zero-order chi connectivity index (χ0) is 14.6. The predicted octanol–water partition coefficient (Wildman–Crippen LogP) is 0.555. The Bertz CT molecular complexity index is 333. The molecule has 20 heavy (non-hydrogen) atoms. The molecule has 2 aliphatic rings. The molecule has 2 saturated heterocycles. The van der Waals surface area contributed by atoms with Crippen molar-refractivity contribution in [2.75, 3.05) is 53.0 Å². The monoisotopic (exact) mass is 283 g/mol. The van der Waals surface area contributed by atoms with Crippen molar-refractivity contribution in [1.82, 2.24) is 15.1 Å². The number of amides is 1. The number of carbonyl (C=O) groups excluding carboxylic acids is 1. The minimum Gasteiger partial charge on any atom is -0.384 e. The second kappa shape index (κ2) is 6.87. The summed E-state index contributed by atoms with van der Waals surface area (Å²) < 4.78 is 5.31. The maximum atomic E-state index is 12.0. The molecule has 0 spiro atoms. The molecule has 0 aliphatic carbocycles. The molecule has 0 radical (unpaired) electrons. The highest BCUT2D eigenvalue weighted by Gasteiger charge is 2.32. The molecule has 0 aromatic rings. The molecule has 5 heteroatoms. The van der Waals surface area contributed by atoms with Crippen molar-refractivity contribution in [2.45, 2.75) is 32.7 Å². The molecule has 1 N–H and O–H groups in total. The number of likely N-dealkylation sites (tertiary alicyclic amines) is 1. The summed E-state index contributed by atoms with van der Waals surface area (Å²) in [6.07, 6.45) is 2.33. The van der Waals surface area contributed by atoms with Gasteiger partial charge in [-0.3, -0.25) is 4.79 Å². The molecule has 2 rings (SSSR count). The summed E-state index contributed by atoms with van der Waals surface area (Å²) >= 11 is 0. The van der Waals surface area contributed by atoms with Crippen LogP contribution < -0.4 is 5.32 Å². The molecule has 5 nitrogen and oxygen atoms in total. The van der Waals surface area contributed by atoms with Gasteiger partial charge in [0.25, 0.3) is 0 Å². The van der Waals surface area contributed by atoms with Crippen LogP contribution in [0.4, 0.5) is 0 Å². The third-order valence-corrected chi connectivity index (χ3v) is 4.23. The van der Waals surface area contributed by atoms with E-state index in [0.29, 0.717) is 12.6 Å². The maximum Gasteiger partial charge on any atom is 0.236 e. The molecule has 1 unspecified atom stereocenters. The van der Waals surface area contributed by atoms with Crippen molar-refractivity contribution in [1.29, 1.82) is 0 Å². The summed E-state index contributed by atoms with van der Waals surface area (Å²) in [5.74, 6) is 0.263. The van der Waals surface area contributed by atoms with E-state index in [4.69, 9.17) is 4.74 Å². The third-order valence-electron chi connectivity index (χ3n) is 4.23. The number of hydrogen-bond donors (Lipinski definition) is 1. The van der Waals surface area contributed by atoms with E-state index in [1.54, 1.807) is 7.11 Å². The van der Waals surface area contributed by atoms with Gasteiger partial charge in [0.15, 0.2) is 0 Å². The molecule has 0 aromatic carbocycles. The summed E-state index contributed by atoms with van der Waals surface area (Å²) in [5, 5.41) is 3.15. The lowest BCUT2D eigenvalue weighted by Crippen LogP contribution is -2.57. The second-order valence-corrected chi connectivity index (χ2v) is 6.89. The van der Waals surface area contributed by atoms with Crippen LogP contribution in [0.5, 0.6) is 0 Å². The van der Waals surface area contributed by atoms with Crippen molar-refractivity contribution >= 4 is 5.91 Å². The molecular weight excluding hydrogens is 254 g/mol. The molecule has 116 valence electrons. The molecule has 0 bridgehead atoms. The molecule has 2 heterocycles. The molecule has 0 aromatic heterocycles. The Morgan fingerprint density at radius 1 is 1.40 bits per heavy atom. The Morgan fingerprint density at radius 2 is 2.20 bits per heavy atom. The molecule has 2 fully saturated rings. The number of nitrogens with zero attached hydrogens (tertiary/aromatic N) is 2. The van der Waals surface area contributed by atoms with E-state index in [-0.39, 0.29) is 11.3 Å². The van der Waals surface area contributed by atoms with Crippen LogP contribution in [0, 0.1) is 5.41 Å². The number of hydrogen-bond acceptors (Lipinski definition) is 4. The Morgan fingerprint density at radius 3 is 2.90 bits per heavy atom. The summed E-state index contributed by atoms with van der Waals surface area (Å²) in [5.41, 5.74) is 0.171. The topological polar surface area (TPSA) is 44.8 Å². The summed E-state index contributed by atoms with van der Waals surface area (Å²) in [6, 6.07) is 0.400. The largest absolute Gasteiger partial charge is 0.384 e. The van der Waals surface area contributed by atoms with Gasteiger partial charge in [-0.1, -0.05) is 13.8 Å². The van der Waals surface area contributed by atoms with E-state index in [2.05, 4.69) is 29.0 Å². The molecule has 1 atom stereocenters. The van der Waals surface area contributed by atoms with Crippen molar-refractivity contribution in [3.63, 3.8) is 0 Å². The molecular formula is C15H29N3O2. The van der Waals surface area contributed by atoms with E-state index >= 15 is 0 Å². The first-order valence-corrected chi connectivity index (χ1v) is 7.73. The van der Waals surface area contributed by atoms with Crippen LogP contribution >= 0.6 is 0 Å². The zero-order valence-electron chi connectivity index (χ0n) is 13.2. The Balaban J connectivity index is 1.89. The van der Waals surface area contributed by atoms with Crippen LogP contribution in [0.1, 0.15) is 26.7 Å². The van der Waals surface area contributed by atoms with Crippen LogP contribution in [0.25, 0.3) is 0 Å². The number of rotatable bonds is 5. The molecule has 2 aliphatic heterocycles. The third kappa shape index (κ3) is 4.17. The predicted molar refractivity (Wildman–Crippen MR) is 79.7 cm³/mol. The van der Waals surface area contributed by atoms with Crippen LogP contribution in [0.3, 0.4) is 0 Å². The lowest BCUT2D eigenvalue weighted by molar-refractivity contribution is -0.135. The highest BCUT2D eigenvalue weighted by Crippen LogP contribution is 2.22. The summed E-state index contributed by atoms with van der Waals surface area (Å²) in [6.45, 7) is 10.8. The number of ether oxygens (including phenoxy) is 1. The first kappa shape index (κ1) is 15.7. The number of piperazine rings is 1. The average molecular weight is 283 g/mol. The normalized spacial score (nSPS) is 26.1. The van der Waals surface area contributed by atoms with Gasteiger partial charge in [-0.2, -0.15) is 0 Å².